The molecule has 5 aromatic rings. The molecule has 0 aliphatic carbocycles. The zero-order chi connectivity index (χ0) is 31.3. The number of H-pyrrole nitrogens is 1. The SMILES string of the molecule is Cc1cc(-c2ncnc3[nH]c4cc(N5CCC6(CCNCC6)CC5)ccc4c23)ccc1C(C)NC(=O)c1nc(C(C)(C)C)no1. The highest BCUT2D eigenvalue weighted by molar-refractivity contribution is 6.12. The number of carbonyl (C=O) groups excluding carboxylic acids is 1. The van der Waals surface area contributed by atoms with Gasteiger partial charge in [0.25, 0.3) is 0 Å². The average molecular weight is 607 g/mol. The molecular formula is C35H42N8O2. The molecule has 2 saturated heterocycles. The molecule has 10 heteroatoms. The van der Waals surface area contributed by atoms with Gasteiger partial charge in [0.05, 0.1) is 17.1 Å². The first kappa shape index (κ1) is 29.4. The average Bonchev–Trinajstić information content (AvgIpc) is 3.67. The maximum atomic E-state index is 12.9. The first-order valence-electron chi connectivity index (χ1n) is 16.1. The number of nitrogens with one attached hydrogen (secondary N) is 3. The van der Waals surface area contributed by atoms with Gasteiger partial charge >= 0.3 is 11.8 Å². The number of hydrogen-bond acceptors (Lipinski definition) is 8. The normalized spacial score (nSPS) is 17.7. The van der Waals surface area contributed by atoms with Gasteiger partial charge in [0.1, 0.15) is 12.0 Å². The molecule has 7 rings (SSSR count). The van der Waals surface area contributed by atoms with Crippen LogP contribution in [0.25, 0.3) is 33.2 Å². The number of carbonyl (C=O) groups is 1. The Hall–Kier alpha value is -4.31. The standard InChI is InChI=1S/C35H42N8O2/c1-21-18-23(6-8-25(21)22(2)39-31(44)32-41-33(42-45-32)34(3,4)5)29-28-26-9-7-24(19-27(26)40-30(28)38-20-37-29)43-16-12-35(13-17-43)10-14-36-15-11-35/h6-9,18-20,22,36H,10-17H2,1-5H3,(H,39,44)(H,37,38,40). The second-order valence-electron chi connectivity index (χ2n) is 14.0. The lowest BCUT2D eigenvalue weighted by Crippen LogP contribution is -2.45. The number of fused-ring (bicyclic) bond motifs is 3. The van der Waals surface area contributed by atoms with E-state index >= 15 is 0 Å². The number of aryl methyl sites for hydroxylation is 1. The minimum atomic E-state index is -0.389. The third kappa shape index (κ3) is 5.56. The molecule has 1 unspecified atom stereocenters. The fourth-order valence-electron chi connectivity index (χ4n) is 7.09. The molecule has 2 aromatic carbocycles. The number of hydrogen-bond donors (Lipinski definition) is 3. The van der Waals surface area contributed by atoms with Crippen LogP contribution in [0.2, 0.25) is 0 Å². The van der Waals surface area contributed by atoms with E-state index in [4.69, 9.17) is 9.51 Å². The van der Waals surface area contributed by atoms with Gasteiger partial charge in [-0.3, -0.25) is 4.79 Å². The molecule has 2 aliphatic heterocycles. The molecule has 1 amide bonds. The molecule has 5 heterocycles. The largest absolute Gasteiger partial charge is 0.371 e. The van der Waals surface area contributed by atoms with Crippen molar-refractivity contribution in [2.24, 2.45) is 5.41 Å². The Morgan fingerprint density at radius 3 is 2.53 bits per heavy atom. The van der Waals surface area contributed by atoms with Gasteiger partial charge in [0.15, 0.2) is 5.82 Å². The lowest BCUT2D eigenvalue weighted by Gasteiger charge is -2.45. The van der Waals surface area contributed by atoms with Crippen LogP contribution >= 0.6 is 0 Å². The summed E-state index contributed by atoms with van der Waals surface area (Å²) in [5.74, 6) is 0.0837. The molecule has 2 fully saturated rings. The minimum absolute atomic E-state index is 0.0297. The lowest BCUT2D eigenvalue weighted by atomic mass is 9.71. The van der Waals surface area contributed by atoms with E-state index in [2.05, 4.69) is 79.0 Å². The van der Waals surface area contributed by atoms with Gasteiger partial charge in [0.2, 0.25) is 0 Å². The second-order valence-corrected chi connectivity index (χ2v) is 14.0. The van der Waals surface area contributed by atoms with E-state index in [1.54, 1.807) is 6.33 Å². The Labute approximate surface area is 263 Å². The fraction of sp³-hybridized carbons (Fsp3) is 0.457. The van der Waals surface area contributed by atoms with E-state index in [1.807, 2.05) is 27.7 Å². The van der Waals surface area contributed by atoms with Gasteiger partial charge in [0, 0.05) is 40.7 Å². The molecule has 2 aliphatic rings. The quantitative estimate of drug-likeness (QED) is 0.215. The molecule has 0 saturated carbocycles. The number of piperidine rings is 2. The molecule has 1 spiro atoms. The molecule has 0 bridgehead atoms. The number of amides is 1. The van der Waals surface area contributed by atoms with Gasteiger partial charge in [-0.2, -0.15) is 4.98 Å². The Morgan fingerprint density at radius 1 is 1.04 bits per heavy atom. The number of rotatable bonds is 5. The smallest absolute Gasteiger partial charge is 0.315 e. The van der Waals surface area contributed by atoms with Crippen LogP contribution in [-0.4, -0.2) is 57.2 Å². The molecule has 3 aromatic heterocycles. The van der Waals surface area contributed by atoms with Crippen LogP contribution < -0.4 is 15.5 Å². The summed E-state index contributed by atoms with van der Waals surface area (Å²) in [6.07, 6.45) is 6.76. The van der Waals surface area contributed by atoms with Gasteiger partial charge in [-0.15, -0.1) is 0 Å². The van der Waals surface area contributed by atoms with Crippen molar-refractivity contribution in [1.82, 2.24) is 35.7 Å². The monoisotopic (exact) mass is 606 g/mol. The van der Waals surface area contributed by atoms with E-state index in [0.717, 1.165) is 70.5 Å². The fourth-order valence-corrected chi connectivity index (χ4v) is 7.09. The molecule has 10 nitrogen and oxygen atoms in total. The number of benzene rings is 2. The summed E-state index contributed by atoms with van der Waals surface area (Å²) < 4.78 is 5.24. The van der Waals surface area contributed by atoms with Crippen molar-refractivity contribution in [1.29, 1.82) is 0 Å². The highest BCUT2D eigenvalue weighted by Crippen LogP contribution is 2.41. The third-order valence-electron chi connectivity index (χ3n) is 9.87. The van der Waals surface area contributed by atoms with Crippen LogP contribution in [0.3, 0.4) is 0 Å². The van der Waals surface area contributed by atoms with Crippen molar-refractivity contribution in [2.45, 2.75) is 71.8 Å². The van der Waals surface area contributed by atoms with Crippen molar-refractivity contribution >= 4 is 33.5 Å². The summed E-state index contributed by atoms with van der Waals surface area (Å²) >= 11 is 0. The van der Waals surface area contributed by atoms with Gasteiger partial charge in [-0.25, -0.2) is 9.97 Å². The van der Waals surface area contributed by atoms with E-state index in [1.165, 1.54) is 31.4 Å². The third-order valence-corrected chi connectivity index (χ3v) is 9.87. The summed E-state index contributed by atoms with van der Waals surface area (Å²) in [5, 5.41) is 12.6. The molecular weight excluding hydrogens is 564 g/mol. The summed E-state index contributed by atoms with van der Waals surface area (Å²) in [5.41, 5.74) is 7.33. The molecule has 3 N–H and O–H groups in total. The van der Waals surface area contributed by atoms with Crippen LogP contribution in [0, 0.1) is 12.3 Å². The number of anilines is 1. The first-order valence-corrected chi connectivity index (χ1v) is 16.1. The van der Waals surface area contributed by atoms with Crippen molar-refractivity contribution in [3.63, 3.8) is 0 Å². The van der Waals surface area contributed by atoms with Crippen LogP contribution in [0.15, 0.2) is 47.2 Å². The zero-order valence-corrected chi connectivity index (χ0v) is 26.8. The topological polar surface area (TPSA) is 125 Å². The van der Waals surface area contributed by atoms with Crippen LogP contribution in [-0.2, 0) is 5.41 Å². The van der Waals surface area contributed by atoms with E-state index < -0.39 is 0 Å². The molecule has 0 radical (unpaired) electrons. The van der Waals surface area contributed by atoms with Crippen molar-refractivity contribution < 1.29 is 9.32 Å². The summed E-state index contributed by atoms with van der Waals surface area (Å²) in [4.78, 5) is 32.6. The summed E-state index contributed by atoms with van der Waals surface area (Å²) in [6.45, 7) is 14.5. The van der Waals surface area contributed by atoms with Gasteiger partial charge in [-0.1, -0.05) is 44.1 Å². The maximum absolute atomic E-state index is 12.9. The molecule has 234 valence electrons. The van der Waals surface area contributed by atoms with Crippen LogP contribution in [0.4, 0.5) is 5.69 Å². The summed E-state index contributed by atoms with van der Waals surface area (Å²) in [7, 11) is 0. The second kappa shape index (κ2) is 11.2. The minimum Gasteiger partial charge on any atom is -0.371 e. The highest BCUT2D eigenvalue weighted by Gasteiger charge is 2.35. The van der Waals surface area contributed by atoms with E-state index in [9.17, 15) is 4.79 Å². The number of aromatic nitrogens is 5. The molecule has 45 heavy (non-hydrogen) atoms. The Kier molecular flexibility index (Phi) is 7.35. The Morgan fingerprint density at radius 2 is 1.82 bits per heavy atom. The maximum Gasteiger partial charge on any atom is 0.315 e. The first-order chi connectivity index (χ1) is 21.6. The van der Waals surface area contributed by atoms with Crippen molar-refractivity contribution in [3.8, 4) is 11.3 Å². The Balaban J connectivity index is 1.12. The predicted molar refractivity (Wildman–Crippen MR) is 176 cm³/mol. The van der Waals surface area contributed by atoms with Gasteiger partial charge < -0.3 is 25.0 Å². The zero-order valence-electron chi connectivity index (χ0n) is 26.8. The Bertz CT molecular complexity index is 1870. The number of aromatic amines is 1. The van der Waals surface area contributed by atoms with Crippen LogP contribution in [0.5, 0.6) is 0 Å². The van der Waals surface area contributed by atoms with E-state index in [0.29, 0.717) is 11.2 Å². The molecule has 1 atom stereocenters. The predicted octanol–water partition coefficient (Wildman–Crippen LogP) is 6.23. The summed E-state index contributed by atoms with van der Waals surface area (Å²) in [6, 6.07) is 12.7. The van der Waals surface area contributed by atoms with E-state index in [-0.39, 0.29) is 23.3 Å². The van der Waals surface area contributed by atoms with Crippen molar-refractivity contribution in [2.75, 3.05) is 31.1 Å². The van der Waals surface area contributed by atoms with Crippen molar-refractivity contribution in [3.05, 3.63) is 65.6 Å². The van der Waals surface area contributed by atoms with Gasteiger partial charge in [-0.05, 0) is 87.4 Å². The lowest BCUT2D eigenvalue weighted by molar-refractivity contribution is 0.0895. The van der Waals surface area contributed by atoms with Crippen LogP contribution in [0.1, 0.15) is 87.1 Å². The number of nitrogens with zero attached hydrogens (tertiary/aromatic N) is 5. The highest BCUT2D eigenvalue weighted by atomic mass is 16.5.